The number of aromatic nitrogens is 1. The van der Waals surface area contributed by atoms with Gasteiger partial charge in [0.25, 0.3) is 6.01 Å². The molecule has 1 aromatic heterocycles. The van der Waals surface area contributed by atoms with Crippen molar-refractivity contribution in [2.45, 2.75) is 19.9 Å². The minimum absolute atomic E-state index is 0.101. The Hall–Kier alpha value is -2.08. The molecule has 2 rings (SSSR count). The highest BCUT2D eigenvalue weighted by molar-refractivity contribution is 5.94. The fourth-order valence-corrected chi connectivity index (χ4v) is 1.68. The average molecular weight is 276 g/mol. The van der Waals surface area contributed by atoms with E-state index in [1.165, 1.54) is 0 Å². The molecular weight excluding hydrogens is 256 g/mol. The molecular formula is C14H20N4O2. The molecule has 0 saturated carbocycles. The van der Waals surface area contributed by atoms with Gasteiger partial charge in [-0.1, -0.05) is 6.92 Å². The second-order valence-electron chi connectivity index (χ2n) is 5.21. The van der Waals surface area contributed by atoms with Gasteiger partial charge in [0.05, 0.1) is 5.92 Å². The number of fused-ring (bicyclic) bond motifs is 1. The molecule has 1 heterocycles. The van der Waals surface area contributed by atoms with Crippen LogP contribution >= 0.6 is 0 Å². The summed E-state index contributed by atoms with van der Waals surface area (Å²) in [5, 5.41) is 2.84. The van der Waals surface area contributed by atoms with Crippen molar-refractivity contribution >= 4 is 28.7 Å². The van der Waals surface area contributed by atoms with Gasteiger partial charge in [-0.05, 0) is 25.1 Å². The minimum atomic E-state index is -0.250. The van der Waals surface area contributed by atoms with E-state index < -0.39 is 0 Å². The Bertz CT molecular complexity index is 619. The van der Waals surface area contributed by atoms with Gasteiger partial charge in [0, 0.05) is 25.8 Å². The number of anilines is 2. The minimum Gasteiger partial charge on any atom is -0.423 e. The lowest BCUT2D eigenvalue weighted by Gasteiger charge is -2.15. The van der Waals surface area contributed by atoms with Crippen LogP contribution in [0.15, 0.2) is 22.6 Å². The molecule has 0 bridgehead atoms. The maximum Gasteiger partial charge on any atom is 0.297 e. The lowest BCUT2D eigenvalue weighted by Crippen LogP contribution is -2.34. The average Bonchev–Trinajstić information content (AvgIpc) is 2.80. The molecule has 20 heavy (non-hydrogen) atoms. The van der Waals surface area contributed by atoms with Crippen molar-refractivity contribution < 1.29 is 9.21 Å². The summed E-state index contributed by atoms with van der Waals surface area (Å²) < 4.78 is 5.56. The predicted octanol–water partition coefficient (Wildman–Crippen LogP) is 1.82. The van der Waals surface area contributed by atoms with Gasteiger partial charge in [0.1, 0.15) is 5.52 Å². The highest BCUT2D eigenvalue weighted by atomic mass is 16.4. The van der Waals surface area contributed by atoms with Crippen molar-refractivity contribution in [3.63, 3.8) is 0 Å². The van der Waals surface area contributed by atoms with E-state index in [9.17, 15) is 4.79 Å². The van der Waals surface area contributed by atoms with Gasteiger partial charge in [0.2, 0.25) is 5.91 Å². The summed E-state index contributed by atoms with van der Waals surface area (Å²) in [6.45, 7) is 3.62. The molecule has 0 spiro atoms. The van der Waals surface area contributed by atoms with Crippen molar-refractivity contribution in [1.82, 2.24) is 4.98 Å². The largest absolute Gasteiger partial charge is 0.423 e. The molecule has 6 heteroatoms. The number of nitrogens with zero attached hydrogens (tertiary/aromatic N) is 2. The molecule has 1 amide bonds. The van der Waals surface area contributed by atoms with Crippen LogP contribution in [0.25, 0.3) is 11.1 Å². The first-order valence-corrected chi connectivity index (χ1v) is 6.53. The highest BCUT2D eigenvalue weighted by Gasteiger charge is 2.17. The van der Waals surface area contributed by atoms with Crippen LogP contribution < -0.4 is 16.0 Å². The molecule has 0 aliphatic rings. The smallest absolute Gasteiger partial charge is 0.297 e. The van der Waals surface area contributed by atoms with E-state index in [4.69, 9.17) is 10.2 Å². The van der Waals surface area contributed by atoms with Crippen LogP contribution in [0.4, 0.5) is 11.7 Å². The summed E-state index contributed by atoms with van der Waals surface area (Å²) in [7, 11) is 3.72. The fourth-order valence-electron chi connectivity index (χ4n) is 1.68. The van der Waals surface area contributed by atoms with Gasteiger partial charge in [-0.15, -0.1) is 0 Å². The van der Waals surface area contributed by atoms with Gasteiger partial charge >= 0.3 is 0 Å². The zero-order valence-electron chi connectivity index (χ0n) is 12.2. The normalized spacial score (nSPS) is 14.1. The van der Waals surface area contributed by atoms with Crippen LogP contribution in [0.1, 0.15) is 13.8 Å². The number of benzene rings is 1. The first kappa shape index (κ1) is 14.3. The van der Waals surface area contributed by atoms with Crippen LogP contribution in [0.5, 0.6) is 0 Å². The summed E-state index contributed by atoms with van der Waals surface area (Å²) in [6.07, 6.45) is 0. The van der Waals surface area contributed by atoms with Crippen molar-refractivity contribution in [2.24, 2.45) is 11.7 Å². The molecule has 1 aromatic carbocycles. The van der Waals surface area contributed by atoms with E-state index in [0.29, 0.717) is 22.8 Å². The molecule has 6 nitrogen and oxygen atoms in total. The monoisotopic (exact) mass is 276 g/mol. The summed E-state index contributed by atoms with van der Waals surface area (Å²) >= 11 is 0. The van der Waals surface area contributed by atoms with Crippen LogP contribution in [-0.4, -0.2) is 31.0 Å². The first-order chi connectivity index (χ1) is 9.38. The summed E-state index contributed by atoms with van der Waals surface area (Å²) in [6, 6.07) is 5.72. The standard InChI is InChI=1S/C14H20N4O2/c1-8(9(2)15)13(19)16-10-5-6-12-11(7-10)17-14(20-12)18(3)4/h5-9H,15H2,1-4H3,(H,16,19). The molecule has 3 N–H and O–H groups in total. The Balaban J connectivity index is 2.21. The Morgan fingerprint density at radius 1 is 1.40 bits per heavy atom. The molecule has 108 valence electrons. The molecule has 2 atom stereocenters. The van der Waals surface area contributed by atoms with Crippen molar-refractivity contribution in [1.29, 1.82) is 0 Å². The number of oxazole rings is 1. The van der Waals surface area contributed by atoms with Gasteiger partial charge in [-0.2, -0.15) is 4.98 Å². The Morgan fingerprint density at radius 2 is 2.10 bits per heavy atom. The zero-order chi connectivity index (χ0) is 14.9. The van der Waals surface area contributed by atoms with Gasteiger partial charge in [-0.3, -0.25) is 4.79 Å². The van der Waals surface area contributed by atoms with Crippen molar-refractivity contribution in [3.8, 4) is 0 Å². The number of carbonyl (C=O) groups is 1. The second kappa shape index (κ2) is 5.50. The molecule has 0 fully saturated rings. The SMILES string of the molecule is CC(N)C(C)C(=O)Nc1ccc2oc(N(C)C)nc2c1. The lowest BCUT2D eigenvalue weighted by molar-refractivity contribution is -0.119. The number of hydrogen-bond acceptors (Lipinski definition) is 5. The first-order valence-electron chi connectivity index (χ1n) is 6.53. The number of amides is 1. The van der Waals surface area contributed by atoms with Crippen molar-refractivity contribution in [2.75, 3.05) is 24.3 Å². The maximum atomic E-state index is 12.0. The van der Waals surface area contributed by atoms with E-state index in [2.05, 4.69) is 10.3 Å². The fraction of sp³-hybridized carbons (Fsp3) is 0.429. The topological polar surface area (TPSA) is 84.4 Å². The number of hydrogen-bond donors (Lipinski definition) is 2. The van der Waals surface area contributed by atoms with Crippen LogP contribution in [-0.2, 0) is 4.79 Å². The molecule has 2 unspecified atom stereocenters. The Kier molecular flexibility index (Phi) is 3.94. The molecule has 0 radical (unpaired) electrons. The van der Waals surface area contributed by atoms with E-state index in [0.717, 1.165) is 0 Å². The third-order valence-electron chi connectivity index (χ3n) is 3.23. The van der Waals surface area contributed by atoms with Crippen LogP contribution in [0.2, 0.25) is 0 Å². The summed E-state index contributed by atoms with van der Waals surface area (Å²) in [4.78, 5) is 18.1. The van der Waals surface area contributed by atoms with Crippen molar-refractivity contribution in [3.05, 3.63) is 18.2 Å². The van der Waals surface area contributed by atoms with E-state index in [1.54, 1.807) is 30.0 Å². The van der Waals surface area contributed by atoms with Gasteiger partial charge in [0.15, 0.2) is 5.58 Å². The van der Waals surface area contributed by atoms with Gasteiger partial charge < -0.3 is 20.4 Å². The third kappa shape index (κ3) is 2.91. The highest BCUT2D eigenvalue weighted by Crippen LogP contribution is 2.23. The number of nitrogens with two attached hydrogens (primary N) is 1. The molecule has 2 aromatic rings. The lowest BCUT2D eigenvalue weighted by atomic mass is 10.0. The second-order valence-corrected chi connectivity index (χ2v) is 5.21. The van der Waals surface area contributed by atoms with Crippen LogP contribution in [0, 0.1) is 5.92 Å². The zero-order valence-corrected chi connectivity index (χ0v) is 12.2. The predicted molar refractivity (Wildman–Crippen MR) is 79.8 cm³/mol. The number of nitrogens with one attached hydrogen (secondary N) is 1. The Morgan fingerprint density at radius 3 is 2.70 bits per heavy atom. The summed E-state index contributed by atoms with van der Waals surface area (Å²) in [5.74, 6) is -0.351. The number of rotatable bonds is 4. The van der Waals surface area contributed by atoms with Crippen LogP contribution in [0.3, 0.4) is 0 Å². The molecule has 0 aliphatic heterocycles. The van der Waals surface area contributed by atoms with E-state index in [-0.39, 0.29) is 17.9 Å². The molecule has 0 saturated heterocycles. The molecule has 0 aliphatic carbocycles. The quantitative estimate of drug-likeness (QED) is 0.889. The third-order valence-corrected chi connectivity index (χ3v) is 3.23. The maximum absolute atomic E-state index is 12.0. The van der Waals surface area contributed by atoms with E-state index >= 15 is 0 Å². The summed E-state index contributed by atoms with van der Waals surface area (Å²) in [5.41, 5.74) is 7.81. The Labute approximate surface area is 117 Å². The van der Waals surface area contributed by atoms with Gasteiger partial charge in [-0.25, -0.2) is 0 Å². The number of carbonyl (C=O) groups excluding carboxylic acids is 1. The van der Waals surface area contributed by atoms with E-state index in [1.807, 2.05) is 21.0 Å².